The number of fused-ring (bicyclic) bond motifs is 1. The number of imidazole rings is 1. The van der Waals surface area contributed by atoms with Gasteiger partial charge in [0.05, 0.1) is 19.5 Å². The van der Waals surface area contributed by atoms with Gasteiger partial charge in [-0.3, -0.25) is 32.6 Å². The number of nitrogens with one attached hydrogen (secondary N) is 2. The number of ether oxygens (including phenoxy) is 1. The maximum atomic E-state index is 12.5. The number of hydrogen-bond acceptors (Lipinski definition) is 21. The van der Waals surface area contributed by atoms with Crippen LogP contribution in [0.4, 0.5) is 5.82 Å². The summed E-state index contributed by atoms with van der Waals surface area (Å²) in [6, 6.07) is 9.13. The molecule has 24 nitrogen and oxygen atoms in total. The van der Waals surface area contributed by atoms with Crippen LogP contribution in [0.1, 0.15) is 32.1 Å². The predicted molar refractivity (Wildman–Crippen MR) is 191 cm³/mol. The van der Waals surface area contributed by atoms with Crippen molar-refractivity contribution in [2.75, 3.05) is 37.8 Å². The summed E-state index contributed by atoms with van der Waals surface area (Å²) in [4.78, 5) is 94.2. The Balaban J connectivity index is 0.00000900. The monoisotopic (exact) mass is 889 g/mol. The zero-order valence-corrected chi connectivity index (χ0v) is 34.6. The average Bonchev–Trinajstić information content (AvgIpc) is 3.68. The number of aromatic nitrogens is 4. The quantitative estimate of drug-likeness (QED) is 0.0331. The summed E-state index contributed by atoms with van der Waals surface area (Å²) in [6.45, 7) is 0.126. The van der Waals surface area contributed by atoms with Crippen molar-refractivity contribution in [3.05, 3.63) is 48.5 Å². The Bertz CT molecular complexity index is 2030. The second kappa shape index (κ2) is 21.3. The molecule has 8 atom stereocenters. The number of hydrogen-bond donors (Lipinski definition) is 6. The Morgan fingerprint density at radius 1 is 1.05 bits per heavy atom. The van der Waals surface area contributed by atoms with E-state index in [-0.39, 0.29) is 66.9 Å². The third-order valence-corrected chi connectivity index (χ3v) is 11.8. The van der Waals surface area contributed by atoms with Gasteiger partial charge in [0, 0.05) is 37.1 Å². The van der Waals surface area contributed by atoms with Crippen molar-refractivity contribution in [1.82, 2.24) is 30.2 Å². The number of phosphoric ester groups is 3. The zero-order valence-electron chi connectivity index (χ0n) is 31.1. The minimum Gasteiger partial charge on any atom is -0.756 e. The van der Waals surface area contributed by atoms with Crippen LogP contribution in [-0.2, 0) is 57.1 Å². The fraction of sp³-hybridized carbons (Fsp3) is 0.517. The van der Waals surface area contributed by atoms with Crippen LogP contribution in [0, 0.1) is 5.41 Å². The molecule has 3 aromatic rings. The molecule has 1 aromatic carbocycles. The molecule has 0 bridgehead atoms. The normalized spacial score (nSPS) is 21.9. The Labute approximate surface area is 346 Å². The molecule has 0 spiro atoms. The maximum Gasteiger partial charge on any atom is 1.00 e. The van der Waals surface area contributed by atoms with Gasteiger partial charge in [-0.25, -0.2) is 19.3 Å². The van der Waals surface area contributed by atoms with Gasteiger partial charge >= 0.3 is 18.9 Å². The van der Waals surface area contributed by atoms with Crippen molar-refractivity contribution in [2.24, 2.45) is 5.41 Å². The molecule has 0 radical (unpaired) electrons. The average molecular weight is 890 g/mol. The number of phosphoric acid groups is 3. The number of aliphatic hydroxyl groups excluding tert-OH is 2. The molecule has 1 saturated heterocycles. The van der Waals surface area contributed by atoms with Crippen LogP contribution in [0.3, 0.4) is 0 Å². The summed E-state index contributed by atoms with van der Waals surface area (Å²) in [5, 5.41) is 26.2. The summed E-state index contributed by atoms with van der Waals surface area (Å²) in [7, 11) is -17.3. The minimum atomic E-state index is -5.90. The van der Waals surface area contributed by atoms with Gasteiger partial charge in [-0.1, -0.05) is 55.9 Å². The second-order valence-electron chi connectivity index (χ2n) is 12.9. The van der Waals surface area contributed by atoms with Crippen molar-refractivity contribution in [3.8, 4) is 0 Å². The van der Waals surface area contributed by atoms with Gasteiger partial charge in [-0.2, -0.15) is 0 Å². The summed E-state index contributed by atoms with van der Waals surface area (Å²) < 4.78 is 60.8. The van der Waals surface area contributed by atoms with Crippen LogP contribution < -0.4 is 49.9 Å². The Kier molecular flexibility index (Phi) is 18.2. The van der Waals surface area contributed by atoms with E-state index < -0.39 is 84.6 Å². The molecule has 4 rings (SSSR count). The van der Waals surface area contributed by atoms with Gasteiger partial charge in [0.1, 0.15) is 36.3 Å². The molecule has 1 fully saturated rings. The van der Waals surface area contributed by atoms with E-state index in [0.29, 0.717) is 5.75 Å². The summed E-state index contributed by atoms with van der Waals surface area (Å²) in [6.07, 6.45) is -7.15. The Morgan fingerprint density at radius 3 is 2.40 bits per heavy atom. The van der Waals surface area contributed by atoms with E-state index >= 15 is 0 Å². The van der Waals surface area contributed by atoms with Gasteiger partial charge in [-0.15, -0.1) is 0 Å². The fourth-order valence-corrected chi connectivity index (χ4v) is 8.54. The van der Waals surface area contributed by atoms with Crippen molar-refractivity contribution in [1.29, 1.82) is 0 Å². The van der Waals surface area contributed by atoms with Crippen molar-refractivity contribution < 1.29 is 99.3 Å². The molecule has 7 N–H and O–H groups in total. The molecule has 1 aliphatic rings. The number of benzene rings is 1. The molecule has 2 amide bonds. The fourth-order valence-electron chi connectivity index (χ4n) is 5.09. The first-order valence-corrected chi connectivity index (χ1v) is 22.0. The molecule has 58 heavy (non-hydrogen) atoms. The van der Waals surface area contributed by atoms with Crippen molar-refractivity contribution in [3.63, 3.8) is 0 Å². The van der Waals surface area contributed by atoms with Crippen LogP contribution in [0.15, 0.2) is 43.0 Å². The first-order chi connectivity index (χ1) is 26.6. The van der Waals surface area contributed by atoms with E-state index in [2.05, 4.69) is 43.5 Å². The first kappa shape index (κ1) is 49.7. The predicted octanol–water partition coefficient (Wildman–Crippen LogP) is -4.98. The van der Waals surface area contributed by atoms with E-state index in [9.17, 15) is 57.9 Å². The van der Waals surface area contributed by atoms with Crippen LogP contribution in [0.25, 0.3) is 11.2 Å². The molecule has 1 aliphatic heterocycles. The molecular weight excluding hydrogens is 850 g/mol. The second-order valence-corrected chi connectivity index (χ2v) is 18.1. The Morgan fingerprint density at radius 2 is 1.72 bits per heavy atom. The van der Waals surface area contributed by atoms with Gasteiger partial charge in [0.2, 0.25) is 11.8 Å². The number of carbonyl (C=O) groups excluding carboxylic acids is 3. The summed E-state index contributed by atoms with van der Waals surface area (Å²) in [5.41, 5.74) is 4.97. The van der Waals surface area contributed by atoms with Gasteiger partial charge in [0.15, 0.2) is 22.8 Å². The molecule has 2 aromatic heterocycles. The largest absolute Gasteiger partial charge is 1.00 e. The third kappa shape index (κ3) is 14.8. The van der Waals surface area contributed by atoms with Crippen LogP contribution in [0.5, 0.6) is 0 Å². The van der Waals surface area contributed by atoms with Crippen LogP contribution >= 0.6 is 35.2 Å². The molecule has 0 saturated carbocycles. The number of nitrogens with zero attached hydrogens (tertiary/aromatic N) is 4. The standard InChI is InChI=1S/C29H42N7O17P3S.Li/c1-29(2,24(40)27(41)32-9-8-19(37)31-10-11-57-20(38)12-17-6-4-3-5-7-17)14-50-56(47,48)53-55(45,46)49-13-18-23(52-54(42,43)44)22(39)28(51-18)36-16-35-21-25(30)33-15-34-26(21)36;/h3-7,15-16,18,22-24,28,39-40H,8-14H2,1-2H3,(H,31,37)(H,32,41)(H,45,46)(H,47,48)(H2,30,33,34)(H2,42,43,44);/q;+1/p-3. The van der Waals surface area contributed by atoms with Gasteiger partial charge in [-0.05, 0) is 5.56 Å². The maximum absolute atomic E-state index is 12.5. The SMILES string of the molecule is CC(C)(COP(=O)([O-])OP(=O)([O-])OCC1OC(n2cnc3c(N)ncnc32)C(O)C1OP(=O)([O-])O)C(O)C(=O)NCCC(=O)NCCSC(=O)Cc1ccccc1.[Li+]. The molecule has 3 heterocycles. The minimum absolute atomic E-state index is 0. The first-order valence-electron chi connectivity index (χ1n) is 16.6. The molecule has 29 heteroatoms. The van der Waals surface area contributed by atoms with E-state index in [1.165, 1.54) is 13.8 Å². The van der Waals surface area contributed by atoms with Crippen LogP contribution in [-0.4, -0.2) is 108 Å². The molecule has 316 valence electrons. The van der Waals surface area contributed by atoms with Gasteiger partial charge < -0.3 is 64.5 Å². The zero-order chi connectivity index (χ0) is 42.2. The number of aliphatic hydroxyl groups is 2. The molecule has 0 aliphatic carbocycles. The van der Waals surface area contributed by atoms with Gasteiger partial charge in [0.25, 0.3) is 23.5 Å². The van der Waals surface area contributed by atoms with Crippen LogP contribution in [0.2, 0.25) is 0 Å². The number of amides is 2. The number of nitrogen functional groups attached to an aromatic ring is 1. The number of nitrogens with two attached hydrogens (primary N) is 1. The van der Waals surface area contributed by atoms with E-state index in [4.69, 9.17) is 10.5 Å². The number of thioether (sulfide) groups is 1. The Hall–Kier alpha value is -2.62. The third-order valence-electron chi connectivity index (χ3n) is 7.94. The topological polar surface area (TPSA) is 372 Å². The summed E-state index contributed by atoms with van der Waals surface area (Å²) >= 11 is 1.06. The van der Waals surface area contributed by atoms with Crippen molar-refractivity contribution >= 4 is 69.1 Å². The van der Waals surface area contributed by atoms with E-state index in [1.54, 1.807) is 0 Å². The smallest absolute Gasteiger partial charge is 0.756 e. The van der Waals surface area contributed by atoms with E-state index in [1.807, 2.05) is 30.3 Å². The number of carbonyl (C=O) groups is 3. The van der Waals surface area contributed by atoms with Crippen molar-refractivity contribution in [2.45, 2.75) is 57.3 Å². The number of anilines is 1. The number of rotatable bonds is 21. The molecule has 8 unspecified atom stereocenters. The summed E-state index contributed by atoms with van der Waals surface area (Å²) in [5.74, 6) is -1.22. The molecular formula is C29H39LiN7O17P3S-2. The van der Waals surface area contributed by atoms with E-state index in [0.717, 1.165) is 34.5 Å².